The highest BCUT2D eigenvalue weighted by Gasteiger charge is 2.29. The van der Waals surface area contributed by atoms with E-state index in [-0.39, 0.29) is 21.9 Å². The maximum Gasteiger partial charge on any atom is 0.335 e. The fraction of sp³-hybridized carbons (Fsp3) is 0.273. The fourth-order valence-corrected chi connectivity index (χ4v) is 2.28. The number of carbonyl (C=O) groups is 2. The van der Waals surface area contributed by atoms with Crippen LogP contribution in [0.2, 0.25) is 0 Å². The highest BCUT2D eigenvalue weighted by molar-refractivity contribution is 7.14. The highest BCUT2D eigenvalue weighted by atomic mass is 32.1. The van der Waals surface area contributed by atoms with Crippen LogP contribution >= 0.6 is 11.3 Å². The molecule has 1 rings (SSSR count). The molecular weight excluding hydrogens is 242 g/mol. The van der Waals surface area contributed by atoms with E-state index in [0.717, 1.165) is 11.3 Å². The minimum absolute atomic E-state index is 0.0984. The molecule has 0 fully saturated rings. The molecule has 1 aromatic rings. The summed E-state index contributed by atoms with van der Waals surface area (Å²) in [7, 11) is 0. The van der Waals surface area contributed by atoms with Crippen molar-refractivity contribution < 1.29 is 14.5 Å². The van der Waals surface area contributed by atoms with Crippen LogP contribution < -0.4 is 0 Å². The normalized spacial score (nSPS) is 11.9. The molecule has 0 bridgehead atoms. The minimum atomic E-state index is -0.642. The van der Waals surface area contributed by atoms with Crippen molar-refractivity contribution in [1.82, 2.24) is 0 Å². The van der Waals surface area contributed by atoms with Gasteiger partial charge in [0.25, 0.3) is 0 Å². The van der Waals surface area contributed by atoms with Crippen LogP contribution in [-0.2, 0) is 0 Å². The van der Waals surface area contributed by atoms with E-state index in [1.165, 1.54) is 18.4 Å². The van der Waals surface area contributed by atoms with Gasteiger partial charge in [-0.2, -0.15) is 0 Å². The molecule has 0 amide bonds. The van der Waals surface area contributed by atoms with Gasteiger partial charge in [-0.05, 0) is 6.92 Å². The molecule has 0 aliphatic rings. The van der Waals surface area contributed by atoms with Crippen LogP contribution in [0.25, 0.3) is 0 Å². The molecule has 0 aliphatic carbocycles. The lowest BCUT2D eigenvalue weighted by Crippen LogP contribution is -2.12. The highest BCUT2D eigenvalue weighted by Crippen LogP contribution is 2.32. The number of carbonyl (C=O) groups excluding carboxylic acids is 2. The Morgan fingerprint density at radius 1 is 1.59 bits per heavy atom. The van der Waals surface area contributed by atoms with E-state index in [2.05, 4.69) is 6.58 Å². The number of Topliss-reactive ketones (excluding diaryl/α,β-unsaturated/α-hetero) is 2. The topological polar surface area (TPSA) is 77.3 Å². The Hall–Kier alpha value is -1.82. The van der Waals surface area contributed by atoms with Gasteiger partial charge in [-0.25, -0.2) is 0 Å². The molecule has 0 saturated heterocycles. The quantitative estimate of drug-likeness (QED) is 0.350. The van der Waals surface area contributed by atoms with E-state index in [4.69, 9.17) is 0 Å². The lowest BCUT2D eigenvalue weighted by atomic mass is 9.97. The van der Waals surface area contributed by atoms with Crippen molar-refractivity contribution in [2.75, 3.05) is 0 Å². The van der Waals surface area contributed by atoms with Gasteiger partial charge in [-0.15, -0.1) is 6.58 Å². The number of nitrogens with zero attached hydrogens (tertiary/aromatic N) is 1. The van der Waals surface area contributed by atoms with E-state index in [0.29, 0.717) is 0 Å². The Balaban J connectivity index is 3.35. The van der Waals surface area contributed by atoms with Gasteiger partial charge >= 0.3 is 5.00 Å². The molecule has 0 radical (unpaired) electrons. The van der Waals surface area contributed by atoms with Gasteiger partial charge in [0.2, 0.25) is 0 Å². The second kappa shape index (κ2) is 5.01. The average Bonchev–Trinajstić information content (AvgIpc) is 2.71. The predicted octanol–water partition coefficient (Wildman–Crippen LogP) is 2.86. The molecule has 90 valence electrons. The number of allylic oxidation sites excluding steroid dienone is 1. The Morgan fingerprint density at radius 3 is 2.59 bits per heavy atom. The molecule has 6 heteroatoms. The zero-order chi connectivity index (χ0) is 13.2. The number of nitro groups is 1. The minimum Gasteiger partial charge on any atom is -0.294 e. The van der Waals surface area contributed by atoms with Crippen LogP contribution in [-0.4, -0.2) is 16.5 Å². The summed E-state index contributed by atoms with van der Waals surface area (Å²) in [6, 6.07) is 0. The van der Waals surface area contributed by atoms with Crippen molar-refractivity contribution in [3.63, 3.8) is 0 Å². The standard InChI is InChI=1S/C11H11NO4S/c1-4-6(2)10(14)8-5-17-11(12(15)16)9(8)7(3)13/h4-6H,1H2,2-3H3. The number of rotatable bonds is 5. The van der Waals surface area contributed by atoms with E-state index in [9.17, 15) is 19.7 Å². The summed E-state index contributed by atoms with van der Waals surface area (Å²) in [5.74, 6) is -1.27. The van der Waals surface area contributed by atoms with Crippen LogP contribution in [0, 0.1) is 16.0 Å². The Kier molecular flexibility index (Phi) is 3.90. The SMILES string of the molecule is C=CC(C)C(=O)c1csc([N+](=O)[O-])c1C(C)=O. The fourth-order valence-electron chi connectivity index (χ4n) is 1.36. The first-order chi connectivity index (χ1) is 7.90. The summed E-state index contributed by atoms with van der Waals surface area (Å²) in [4.78, 5) is 33.4. The van der Waals surface area contributed by atoms with Gasteiger partial charge in [0.15, 0.2) is 11.6 Å². The van der Waals surface area contributed by atoms with Crippen molar-refractivity contribution in [2.24, 2.45) is 5.92 Å². The lowest BCUT2D eigenvalue weighted by Gasteiger charge is -2.04. The van der Waals surface area contributed by atoms with E-state index in [1.54, 1.807) is 6.92 Å². The summed E-state index contributed by atoms with van der Waals surface area (Å²) >= 11 is 0.794. The molecule has 0 saturated carbocycles. The first-order valence-corrected chi connectivity index (χ1v) is 5.71. The van der Waals surface area contributed by atoms with Gasteiger partial charge in [-0.1, -0.05) is 24.3 Å². The van der Waals surface area contributed by atoms with E-state index < -0.39 is 16.6 Å². The first-order valence-electron chi connectivity index (χ1n) is 4.83. The van der Waals surface area contributed by atoms with Crippen LogP contribution in [0.5, 0.6) is 0 Å². The molecule has 1 heterocycles. The van der Waals surface area contributed by atoms with Crippen LogP contribution in [0.3, 0.4) is 0 Å². The summed E-state index contributed by atoms with van der Waals surface area (Å²) in [5, 5.41) is 11.8. The lowest BCUT2D eigenvalue weighted by molar-refractivity contribution is -0.380. The molecule has 1 unspecified atom stereocenters. The third-order valence-corrected chi connectivity index (χ3v) is 3.25. The van der Waals surface area contributed by atoms with Gasteiger partial charge in [-0.3, -0.25) is 19.7 Å². The second-order valence-electron chi connectivity index (χ2n) is 3.53. The molecule has 1 aromatic heterocycles. The summed E-state index contributed by atoms with van der Waals surface area (Å²) in [6.45, 7) is 6.33. The summed E-state index contributed by atoms with van der Waals surface area (Å²) in [6.07, 6.45) is 1.44. The van der Waals surface area contributed by atoms with Crippen molar-refractivity contribution in [3.05, 3.63) is 39.3 Å². The molecule has 17 heavy (non-hydrogen) atoms. The first kappa shape index (κ1) is 13.2. The summed E-state index contributed by atoms with van der Waals surface area (Å²) in [5.41, 5.74) is 0.0142. The molecule has 0 spiro atoms. The zero-order valence-electron chi connectivity index (χ0n) is 9.43. The zero-order valence-corrected chi connectivity index (χ0v) is 10.2. The van der Waals surface area contributed by atoms with E-state index >= 15 is 0 Å². The van der Waals surface area contributed by atoms with Gasteiger partial charge < -0.3 is 0 Å². The van der Waals surface area contributed by atoms with Crippen molar-refractivity contribution in [2.45, 2.75) is 13.8 Å². The molecule has 0 N–H and O–H groups in total. The molecular formula is C11H11NO4S. The molecule has 0 aliphatic heterocycles. The third-order valence-electron chi connectivity index (χ3n) is 2.32. The van der Waals surface area contributed by atoms with Crippen LogP contribution in [0.15, 0.2) is 18.0 Å². The Morgan fingerprint density at radius 2 is 2.18 bits per heavy atom. The number of hydrogen-bond acceptors (Lipinski definition) is 5. The van der Waals surface area contributed by atoms with E-state index in [1.807, 2.05) is 0 Å². The second-order valence-corrected chi connectivity index (χ2v) is 4.39. The molecule has 5 nitrogen and oxygen atoms in total. The van der Waals surface area contributed by atoms with Crippen LogP contribution in [0.1, 0.15) is 34.6 Å². The van der Waals surface area contributed by atoms with Crippen molar-refractivity contribution in [1.29, 1.82) is 0 Å². The largest absolute Gasteiger partial charge is 0.335 e. The number of ketones is 2. The Bertz CT molecular complexity index is 504. The number of hydrogen-bond donors (Lipinski definition) is 0. The smallest absolute Gasteiger partial charge is 0.294 e. The summed E-state index contributed by atoms with van der Waals surface area (Å²) < 4.78 is 0. The Labute approximate surface area is 102 Å². The molecule has 0 aromatic carbocycles. The van der Waals surface area contributed by atoms with Gasteiger partial charge in [0.1, 0.15) is 5.56 Å². The number of thiophene rings is 1. The average molecular weight is 253 g/mol. The molecule has 1 atom stereocenters. The van der Waals surface area contributed by atoms with Gasteiger partial charge in [0, 0.05) is 16.9 Å². The monoisotopic (exact) mass is 253 g/mol. The van der Waals surface area contributed by atoms with Gasteiger partial charge in [0.05, 0.1) is 4.92 Å². The van der Waals surface area contributed by atoms with Crippen LogP contribution in [0.4, 0.5) is 5.00 Å². The third kappa shape index (κ3) is 2.47. The predicted molar refractivity (Wildman–Crippen MR) is 64.7 cm³/mol. The maximum absolute atomic E-state index is 11.9. The maximum atomic E-state index is 11.9. The van der Waals surface area contributed by atoms with Crippen molar-refractivity contribution in [3.8, 4) is 0 Å². The van der Waals surface area contributed by atoms with Crippen molar-refractivity contribution >= 4 is 27.9 Å².